The monoisotopic (exact) mass is 399 g/mol. The topological polar surface area (TPSA) is 72.2 Å². The molecule has 2 heterocycles. The second-order valence-electron chi connectivity index (χ2n) is 5.73. The highest BCUT2D eigenvalue weighted by molar-refractivity contribution is 7.99. The summed E-state index contributed by atoms with van der Waals surface area (Å²) in [6, 6.07) is 11.4. The highest BCUT2D eigenvalue weighted by atomic mass is 35.5. The van der Waals surface area contributed by atoms with Gasteiger partial charge < -0.3 is 4.57 Å². The number of aromatic nitrogens is 3. The number of amides is 1. The molecule has 2 aromatic heterocycles. The average molecular weight is 400 g/mol. The van der Waals surface area contributed by atoms with E-state index in [4.69, 9.17) is 11.6 Å². The minimum Gasteiger partial charge on any atom is -0.316 e. The van der Waals surface area contributed by atoms with Gasteiger partial charge >= 0.3 is 0 Å². The lowest BCUT2D eigenvalue weighted by molar-refractivity contribution is -0.118. The zero-order valence-corrected chi connectivity index (χ0v) is 16.5. The summed E-state index contributed by atoms with van der Waals surface area (Å²) in [5.41, 5.74) is 6.37. The molecule has 27 heavy (non-hydrogen) atoms. The van der Waals surface area contributed by atoms with Crippen molar-refractivity contribution in [3.63, 3.8) is 0 Å². The number of halogens is 1. The van der Waals surface area contributed by atoms with Crippen molar-refractivity contribution in [1.29, 1.82) is 0 Å². The third-order valence-corrected chi connectivity index (χ3v) is 5.03. The zero-order chi connectivity index (χ0) is 19.2. The second-order valence-corrected chi connectivity index (χ2v) is 7.08. The van der Waals surface area contributed by atoms with E-state index in [2.05, 4.69) is 25.1 Å². The fourth-order valence-corrected chi connectivity index (χ4v) is 3.43. The molecule has 0 aliphatic rings. The van der Waals surface area contributed by atoms with Crippen molar-refractivity contribution in [3.05, 3.63) is 70.8 Å². The van der Waals surface area contributed by atoms with Crippen LogP contribution in [-0.4, -0.2) is 32.4 Å². The molecular weight excluding hydrogens is 382 g/mol. The number of aryl methyl sites for hydroxylation is 1. The highest BCUT2D eigenvalue weighted by Crippen LogP contribution is 2.25. The van der Waals surface area contributed by atoms with Gasteiger partial charge in [-0.15, -0.1) is 0 Å². The van der Waals surface area contributed by atoms with Crippen molar-refractivity contribution in [2.24, 2.45) is 5.10 Å². The smallest absolute Gasteiger partial charge is 0.250 e. The molecule has 0 saturated heterocycles. The standard InChI is InChI=1S/C19H18ClN5OS/c1-13-10-15(14(2)25(13)17-7-4-3-6-16(17)20)11-23-24-18(26)12-27-19-21-8-5-9-22-19/h3-11H,12H2,1-2H3,(H,24,26). The van der Waals surface area contributed by atoms with Crippen LogP contribution in [0.3, 0.4) is 0 Å². The van der Waals surface area contributed by atoms with E-state index in [0.717, 1.165) is 22.6 Å². The first-order chi connectivity index (χ1) is 13.1. The minimum atomic E-state index is -0.219. The van der Waals surface area contributed by atoms with Crippen LogP contribution >= 0.6 is 23.4 Å². The Morgan fingerprint density at radius 2 is 2.00 bits per heavy atom. The number of para-hydroxylation sites is 1. The van der Waals surface area contributed by atoms with Crippen LogP contribution < -0.4 is 5.43 Å². The molecule has 0 saturated carbocycles. The molecule has 138 valence electrons. The molecule has 1 aromatic carbocycles. The maximum absolute atomic E-state index is 11.9. The van der Waals surface area contributed by atoms with Gasteiger partial charge in [-0.1, -0.05) is 35.5 Å². The first-order valence-corrected chi connectivity index (χ1v) is 9.58. The summed E-state index contributed by atoms with van der Waals surface area (Å²) in [6.07, 6.45) is 4.91. The molecular formula is C19H18ClN5OS. The number of hydrogen-bond donors (Lipinski definition) is 1. The molecule has 3 aromatic rings. The molecule has 0 spiro atoms. The fourth-order valence-electron chi connectivity index (χ4n) is 2.62. The average Bonchev–Trinajstić information content (AvgIpc) is 2.95. The van der Waals surface area contributed by atoms with Gasteiger partial charge in [0.15, 0.2) is 5.16 Å². The lowest BCUT2D eigenvalue weighted by Crippen LogP contribution is -2.19. The molecule has 0 radical (unpaired) electrons. The van der Waals surface area contributed by atoms with E-state index in [1.54, 1.807) is 24.7 Å². The predicted octanol–water partition coefficient (Wildman–Crippen LogP) is 3.78. The Bertz CT molecular complexity index is 971. The van der Waals surface area contributed by atoms with E-state index < -0.39 is 0 Å². The number of thioether (sulfide) groups is 1. The quantitative estimate of drug-likeness (QED) is 0.296. The third kappa shape index (κ3) is 4.75. The van der Waals surface area contributed by atoms with E-state index in [0.29, 0.717) is 10.2 Å². The van der Waals surface area contributed by atoms with Crippen LogP contribution in [-0.2, 0) is 4.79 Å². The largest absolute Gasteiger partial charge is 0.316 e. The van der Waals surface area contributed by atoms with Crippen LogP contribution in [0, 0.1) is 13.8 Å². The summed E-state index contributed by atoms with van der Waals surface area (Å²) in [5, 5.41) is 5.29. The fraction of sp³-hybridized carbons (Fsp3) is 0.158. The molecule has 0 atom stereocenters. The normalized spacial score (nSPS) is 11.1. The number of hydrogen-bond acceptors (Lipinski definition) is 5. The molecule has 0 aliphatic heterocycles. The maximum Gasteiger partial charge on any atom is 0.250 e. The van der Waals surface area contributed by atoms with Gasteiger partial charge in [-0.2, -0.15) is 5.10 Å². The van der Waals surface area contributed by atoms with Gasteiger partial charge in [0.05, 0.1) is 22.7 Å². The van der Waals surface area contributed by atoms with Gasteiger partial charge in [0.1, 0.15) is 0 Å². The Labute approximate surface area is 166 Å². The SMILES string of the molecule is Cc1cc(C=NNC(=O)CSc2ncccn2)c(C)n1-c1ccccc1Cl. The molecule has 0 unspecified atom stereocenters. The molecule has 3 rings (SSSR count). The van der Waals surface area contributed by atoms with Crippen molar-refractivity contribution in [2.45, 2.75) is 19.0 Å². The van der Waals surface area contributed by atoms with E-state index >= 15 is 0 Å². The van der Waals surface area contributed by atoms with E-state index in [1.165, 1.54) is 11.8 Å². The number of carbonyl (C=O) groups is 1. The van der Waals surface area contributed by atoms with Gasteiger partial charge in [-0.3, -0.25) is 4.79 Å². The van der Waals surface area contributed by atoms with Gasteiger partial charge in [0, 0.05) is 29.3 Å². The van der Waals surface area contributed by atoms with Crippen molar-refractivity contribution in [1.82, 2.24) is 20.0 Å². The molecule has 1 N–H and O–H groups in total. The van der Waals surface area contributed by atoms with Crippen molar-refractivity contribution in [2.75, 3.05) is 5.75 Å². The number of benzene rings is 1. The van der Waals surface area contributed by atoms with Crippen LogP contribution in [0.15, 0.2) is 59.0 Å². The molecule has 1 amide bonds. The van der Waals surface area contributed by atoms with Crippen LogP contribution in [0.25, 0.3) is 5.69 Å². The van der Waals surface area contributed by atoms with Crippen LogP contribution in [0.2, 0.25) is 5.02 Å². The molecule has 6 nitrogen and oxygen atoms in total. The Balaban J connectivity index is 1.65. The Kier molecular flexibility index (Phi) is 6.26. The predicted molar refractivity (Wildman–Crippen MR) is 109 cm³/mol. The molecule has 8 heteroatoms. The van der Waals surface area contributed by atoms with Crippen LogP contribution in [0.5, 0.6) is 0 Å². The Morgan fingerprint density at radius 1 is 1.26 bits per heavy atom. The number of nitrogens with one attached hydrogen (secondary N) is 1. The summed E-state index contributed by atoms with van der Waals surface area (Å²) >= 11 is 7.58. The summed E-state index contributed by atoms with van der Waals surface area (Å²) in [4.78, 5) is 20.0. The Hall–Kier alpha value is -2.64. The lowest BCUT2D eigenvalue weighted by atomic mass is 10.2. The molecule has 0 aliphatic carbocycles. The van der Waals surface area contributed by atoms with Crippen molar-refractivity contribution < 1.29 is 4.79 Å². The number of nitrogens with zero attached hydrogens (tertiary/aromatic N) is 4. The second kappa shape index (κ2) is 8.83. The lowest BCUT2D eigenvalue weighted by Gasteiger charge is -2.11. The van der Waals surface area contributed by atoms with E-state index in [-0.39, 0.29) is 11.7 Å². The first-order valence-electron chi connectivity index (χ1n) is 8.22. The van der Waals surface area contributed by atoms with Crippen molar-refractivity contribution in [3.8, 4) is 5.69 Å². The minimum absolute atomic E-state index is 0.194. The number of hydrazone groups is 1. The maximum atomic E-state index is 11.9. The number of carbonyl (C=O) groups excluding carboxylic acids is 1. The van der Waals surface area contributed by atoms with E-state index in [1.807, 2.05) is 44.2 Å². The summed E-state index contributed by atoms with van der Waals surface area (Å²) in [5.74, 6) is -0.0244. The summed E-state index contributed by atoms with van der Waals surface area (Å²) < 4.78 is 2.06. The molecule has 0 bridgehead atoms. The first kappa shape index (κ1) is 19.1. The van der Waals surface area contributed by atoms with E-state index in [9.17, 15) is 4.79 Å². The van der Waals surface area contributed by atoms with Gasteiger partial charge in [-0.25, -0.2) is 15.4 Å². The summed E-state index contributed by atoms with van der Waals surface area (Å²) in [6.45, 7) is 3.99. The van der Waals surface area contributed by atoms with Gasteiger partial charge in [-0.05, 0) is 38.1 Å². The molecule has 0 fully saturated rings. The highest BCUT2D eigenvalue weighted by Gasteiger charge is 2.11. The van der Waals surface area contributed by atoms with Crippen LogP contribution in [0.4, 0.5) is 0 Å². The van der Waals surface area contributed by atoms with Crippen molar-refractivity contribution >= 4 is 35.5 Å². The van der Waals surface area contributed by atoms with Gasteiger partial charge in [0.2, 0.25) is 0 Å². The van der Waals surface area contributed by atoms with Gasteiger partial charge in [0.25, 0.3) is 5.91 Å². The third-order valence-electron chi connectivity index (χ3n) is 3.83. The Morgan fingerprint density at radius 3 is 2.74 bits per heavy atom. The zero-order valence-electron chi connectivity index (χ0n) is 14.9. The summed E-state index contributed by atoms with van der Waals surface area (Å²) in [7, 11) is 0. The van der Waals surface area contributed by atoms with Crippen LogP contribution in [0.1, 0.15) is 17.0 Å². The number of rotatable bonds is 6.